The predicted octanol–water partition coefficient (Wildman–Crippen LogP) is 3.22. The normalized spacial score (nSPS) is 21.9. The van der Waals surface area contributed by atoms with Crippen LogP contribution in [0.25, 0.3) is 5.57 Å². The number of sulfonamides is 1. The monoisotopic (exact) mass is 397 g/mol. The molecule has 0 aliphatic heterocycles. The molecule has 0 N–H and O–H groups in total. The molecule has 0 spiro atoms. The molecule has 1 atom stereocenters. The lowest BCUT2D eigenvalue weighted by Gasteiger charge is -2.36. The first-order valence-corrected chi connectivity index (χ1v) is 10.3. The van der Waals surface area contributed by atoms with Crippen LogP contribution in [0.2, 0.25) is 0 Å². The van der Waals surface area contributed by atoms with Crippen LogP contribution in [0.5, 0.6) is 0 Å². The number of esters is 1. The van der Waals surface area contributed by atoms with Crippen LogP contribution in [0.1, 0.15) is 30.0 Å². The summed E-state index contributed by atoms with van der Waals surface area (Å²) in [7, 11) is -2.65. The van der Waals surface area contributed by atoms with Crippen LogP contribution in [0, 0.1) is 0 Å². The Balaban J connectivity index is 1.97. The van der Waals surface area contributed by atoms with Crippen molar-refractivity contribution in [3.05, 3.63) is 71.3 Å². The largest absolute Gasteiger partial charge is 0.422 e. The first-order chi connectivity index (χ1) is 13.4. The van der Waals surface area contributed by atoms with Gasteiger partial charge in [0.2, 0.25) is 0 Å². The van der Waals surface area contributed by atoms with Gasteiger partial charge in [-0.3, -0.25) is 4.79 Å². The molecule has 2 aromatic carbocycles. The number of nitrogens with zero attached hydrogens (tertiary/aromatic N) is 1. The highest BCUT2D eigenvalue weighted by atomic mass is 32.2. The second-order valence-electron chi connectivity index (χ2n) is 6.69. The van der Waals surface area contributed by atoms with E-state index in [0.29, 0.717) is 5.56 Å². The molecule has 4 rings (SSSR count). The Labute approximate surface area is 163 Å². The average Bonchev–Trinajstić information content (AvgIpc) is 3.09. The van der Waals surface area contributed by atoms with E-state index in [1.807, 2.05) is 12.1 Å². The summed E-state index contributed by atoms with van der Waals surface area (Å²) >= 11 is 0. The summed E-state index contributed by atoms with van der Waals surface area (Å²) in [6, 6.07) is 13.6. The van der Waals surface area contributed by atoms with Gasteiger partial charge in [0.1, 0.15) is 5.71 Å². The van der Waals surface area contributed by atoms with Gasteiger partial charge in [-0.25, -0.2) is 0 Å². The smallest absolute Gasteiger partial charge is 0.305 e. The Morgan fingerprint density at radius 3 is 2.50 bits per heavy atom. The molecule has 6 nitrogen and oxygen atoms in total. The van der Waals surface area contributed by atoms with Crippen LogP contribution in [0.4, 0.5) is 0 Å². The third-order valence-electron chi connectivity index (χ3n) is 4.97. The SMILES string of the molecule is COC1(OC(C)=O)/C(=N/S(=O)(=O)c2ccccc2)C=C2CCc3cccc1c32. The van der Waals surface area contributed by atoms with E-state index in [-0.39, 0.29) is 10.6 Å². The van der Waals surface area contributed by atoms with Gasteiger partial charge in [0.05, 0.1) is 4.90 Å². The number of hydrogen-bond donors (Lipinski definition) is 0. The lowest BCUT2D eigenvalue weighted by Crippen LogP contribution is -2.44. The zero-order valence-electron chi connectivity index (χ0n) is 15.5. The van der Waals surface area contributed by atoms with Gasteiger partial charge in [-0.1, -0.05) is 36.4 Å². The van der Waals surface area contributed by atoms with Gasteiger partial charge >= 0.3 is 5.97 Å². The highest BCUT2D eigenvalue weighted by molar-refractivity contribution is 7.90. The summed E-state index contributed by atoms with van der Waals surface area (Å²) in [5.74, 6) is -2.31. The van der Waals surface area contributed by atoms with Crippen molar-refractivity contribution in [1.29, 1.82) is 0 Å². The van der Waals surface area contributed by atoms with Crippen molar-refractivity contribution in [1.82, 2.24) is 0 Å². The molecule has 0 heterocycles. The quantitative estimate of drug-likeness (QED) is 0.584. The third-order valence-corrected chi connectivity index (χ3v) is 6.28. The van der Waals surface area contributed by atoms with Crippen LogP contribution in [-0.2, 0) is 36.5 Å². The minimum atomic E-state index is -4.02. The van der Waals surface area contributed by atoms with Crippen molar-refractivity contribution < 1.29 is 22.7 Å². The van der Waals surface area contributed by atoms with Crippen LogP contribution in [0.15, 0.2) is 63.9 Å². The number of carbonyl (C=O) groups excluding carboxylic acids is 1. The maximum absolute atomic E-state index is 12.9. The molecule has 0 aromatic heterocycles. The van der Waals surface area contributed by atoms with Crippen LogP contribution >= 0.6 is 0 Å². The molecule has 0 fully saturated rings. The summed E-state index contributed by atoms with van der Waals surface area (Å²) in [4.78, 5) is 12.0. The number of allylic oxidation sites excluding steroid dienone is 1. The molecule has 2 aliphatic rings. The Morgan fingerprint density at radius 1 is 1.07 bits per heavy atom. The van der Waals surface area contributed by atoms with Crippen molar-refractivity contribution in [3.63, 3.8) is 0 Å². The number of methoxy groups -OCH3 is 1. The summed E-state index contributed by atoms with van der Waals surface area (Å²) in [6.07, 6.45) is 3.26. The third kappa shape index (κ3) is 2.87. The summed E-state index contributed by atoms with van der Waals surface area (Å²) in [5.41, 5.74) is 3.66. The lowest BCUT2D eigenvalue weighted by molar-refractivity contribution is -0.194. The number of carbonyl (C=O) groups is 1. The van der Waals surface area contributed by atoms with E-state index in [9.17, 15) is 13.2 Å². The Bertz CT molecular complexity index is 1120. The number of benzene rings is 2. The topological polar surface area (TPSA) is 82.0 Å². The van der Waals surface area contributed by atoms with Gasteiger partial charge in [-0.15, -0.1) is 0 Å². The van der Waals surface area contributed by atoms with Crippen molar-refractivity contribution in [2.45, 2.75) is 30.4 Å². The maximum atomic E-state index is 12.9. The van der Waals surface area contributed by atoms with Gasteiger partial charge in [-0.2, -0.15) is 12.8 Å². The van der Waals surface area contributed by atoms with Gasteiger partial charge in [-0.05, 0) is 47.8 Å². The minimum Gasteiger partial charge on any atom is -0.422 e. The Morgan fingerprint density at radius 2 is 1.82 bits per heavy atom. The molecule has 7 heteroatoms. The second kappa shape index (κ2) is 6.68. The molecule has 0 amide bonds. The van der Waals surface area contributed by atoms with Crippen molar-refractivity contribution in [2.75, 3.05) is 7.11 Å². The van der Waals surface area contributed by atoms with Gasteiger partial charge in [0.25, 0.3) is 15.8 Å². The van der Waals surface area contributed by atoms with E-state index in [1.54, 1.807) is 30.3 Å². The maximum Gasteiger partial charge on any atom is 0.305 e. The van der Waals surface area contributed by atoms with E-state index in [4.69, 9.17) is 9.47 Å². The average molecular weight is 397 g/mol. The molecule has 0 saturated heterocycles. The first kappa shape index (κ1) is 18.6. The fourth-order valence-corrected chi connectivity index (χ4v) is 4.86. The summed E-state index contributed by atoms with van der Waals surface area (Å²) < 4.78 is 41.1. The van der Waals surface area contributed by atoms with Crippen molar-refractivity contribution in [3.8, 4) is 0 Å². The molecule has 1 unspecified atom stereocenters. The van der Waals surface area contributed by atoms with E-state index in [1.165, 1.54) is 26.2 Å². The van der Waals surface area contributed by atoms with E-state index >= 15 is 0 Å². The highest BCUT2D eigenvalue weighted by Crippen LogP contribution is 2.46. The summed E-state index contributed by atoms with van der Waals surface area (Å²) in [5, 5.41) is 0. The van der Waals surface area contributed by atoms with Gasteiger partial charge in [0, 0.05) is 19.6 Å². The highest BCUT2D eigenvalue weighted by Gasteiger charge is 2.48. The van der Waals surface area contributed by atoms with E-state index in [0.717, 1.165) is 29.5 Å². The minimum absolute atomic E-state index is 0.0376. The van der Waals surface area contributed by atoms with E-state index < -0.39 is 21.8 Å². The van der Waals surface area contributed by atoms with Crippen LogP contribution in [0.3, 0.4) is 0 Å². The van der Waals surface area contributed by atoms with Crippen molar-refractivity contribution >= 4 is 27.3 Å². The number of ether oxygens (including phenoxy) is 2. The number of rotatable bonds is 4. The Hall–Kier alpha value is -2.77. The lowest BCUT2D eigenvalue weighted by atomic mass is 9.85. The number of hydrogen-bond acceptors (Lipinski definition) is 5. The molecule has 144 valence electrons. The van der Waals surface area contributed by atoms with Crippen LogP contribution < -0.4 is 0 Å². The second-order valence-corrected chi connectivity index (χ2v) is 8.29. The molecule has 0 bridgehead atoms. The zero-order chi connectivity index (χ0) is 19.9. The molecule has 2 aromatic rings. The van der Waals surface area contributed by atoms with E-state index in [2.05, 4.69) is 4.40 Å². The zero-order valence-corrected chi connectivity index (χ0v) is 16.3. The fourth-order valence-electron chi connectivity index (χ4n) is 3.83. The molecular weight excluding hydrogens is 378 g/mol. The fraction of sp³-hybridized carbons (Fsp3) is 0.238. The Kier molecular flexibility index (Phi) is 4.44. The molecule has 0 saturated carbocycles. The first-order valence-electron chi connectivity index (χ1n) is 8.86. The molecule has 28 heavy (non-hydrogen) atoms. The number of aryl methyl sites for hydroxylation is 1. The molecule has 0 radical (unpaired) electrons. The van der Waals surface area contributed by atoms with Gasteiger partial charge < -0.3 is 9.47 Å². The standard InChI is InChI=1S/C21H19NO5S/c1-14(23)27-21(26-2)18-10-6-7-15-11-12-16(20(15)18)13-19(21)22-28(24,25)17-8-4-3-5-9-17/h3-10,13H,11-12H2,1-2H3/b22-19+. The predicted molar refractivity (Wildman–Crippen MR) is 104 cm³/mol. The molecular formula is C21H19NO5S. The summed E-state index contributed by atoms with van der Waals surface area (Å²) in [6.45, 7) is 1.26. The van der Waals surface area contributed by atoms with Crippen molar-refractivity contribution in [2.24, 2.45) is 4.40 Å². The van der Waals surface area contributed by atoms with Gasteiger partial charge in [0.15, 0.2) is 0 Å². The molecule has 2 aliphatic carbocycles. The van der Waals surface area contributed by atoms with Crippen LogP contribution in [-0.4, -0.2) is 27.2 Å².